The van der Waals surface area contributed by atoms with Crippen LogP contribution in [0.5, 0.6) is 0 Å². The minimum atomic E-state index is -3.57. The van der Waals surface area contributed by atoms with Crippen LogP contribution in [0, 0.1) is 0 Å². The van der Waals surface area contributed by atoms with Crippen LogP contribution < -0.4 is 10.0 Å². The standard InChI is InChI=1S/C19H24N2O4S/c1-18(2,3)25-17(22)20-15-7-5-13-6-8-16(12-14(13)11-15)26(23,24)21-19(4)9-10-19/h5-8,11-12,21H,9-10H2,1-4H3,(H,20,22). The summed E-state index contributed by atoms with van der Waals surface area (Å²) in [5, 5.41) is 4.28. The lowest BCUT2D eigenvalue weighted by Crippen LogP contribution is -2.34. The van der Waals surface area contributed by atoms with Gasteiger partial charge in [-0.25, -0.2) is 17.9 Å². The zero-order valence-electron chi connectivity index (χ0n) is 15.4. The molecule has 26 heavy (non-hydrogen) atoms. The molecule has 0 saturated heterocycles. The molecule has 3 rings (SSSR count). The number of ether oxygens (including phenoxy) is 1. The molecule has 0 heterocycles. The van der Waals surface area contributed by atoms with Crippen LogP contribution in [0.25, 0.3) is 10.8 Å². The Labute approximate surface area is 154 Å². The molecule has 0 spiro atoms. The Bertz CT molecular complexity index is 957. The van der Waals surface area contributed by atoms with Crippen molar-refractivity contribution in [3.63, 3.8) is 0 Å². The van der Waals surface area contributed by atoms with Gasteiger partial charge in [-0.2, -0.15) is 0 Å². The molecule has 140 valence electrons. The first-order chi connectivity index (χ1) is 12.0. The Balaban J connectivity index is 1.85. The molecule has 1 fully saturated rings. The molecule has 0 atom stereocenters. The van der Waals surface area contributed by atoms with Crippen molar-refractivity contribution in [2.24, 2.45) is 0 Å². The Morgan fingerprint density at radius 1 is 1.08 bits per heavy atom. The van der Waals surface area contributed by atoms with Crippen molar-refractivity contribution in [3.05, 3.63) is 36.4 Å². The van der Waals surface area contributed by atoms with Crippen LogP contribution in [0.2, 0.25) is 0 Å². The van der Waals surface area contributed by atoms with Crippen LogP contribution in [0.15, 0.2) is 41.3 Å². The number of anilines is 1. The van der Waals surface area contributed by atoms with Gasteiger partial charge in [0.25, 0.3) is 0 Å². The summed E-state index contributed by atoms with van der Waals surface area (Å²) in [6.45, 7) is 7.26. The van der Waals surface area contributed by atoms with E-state index in [4.69, 9.17) is 4.74 Å². The maximum Gasteiger partial charge on any atom is 0.412 e. The molecular weight excluding hydrogens is 352 g/mol. The van der Waals surface area contributed by atoms with E-state index in [0.717, 1.165) is 23.6 Å². The second-order valence-electron chi connectivity index (χ2n) is 8.02. The first-order valence-electron chi connectivity index (χ1n) is 8.54. The normalized spacial score (nSPS) is 16.3. The summed E-state index contributed by atoms with van der Waals surface area (Å²) in [6, 6.07) is 10.3. The van der Waals surface area contributed by atoms with Gasteiger partial charge in [-0.05, 0) is 75.6 Å². The number of hydrogen-bond donors (Lipinski definition) is 2. The lowest BCUT2D eigenvalue weighted by atomic mass is 10.1. The summed E-state index contributed by atoms with van der Waals surface area (Å²) in [5.74, 6) is 0. The van der Waals surface area contributed by atoms with E-state index in [1.807, 2.05) is 13.0 Å². The fraction of sp³-hybridized carbons (Fsp3) is 0.421. The van der Waals surface area contributed by atoms with Crippen LogP contribution in [-0.2, 0) is 14.8 Å². The van der Waals surface area contributed by atoms with Gasteiger partial charge in [-0.1, -0.05) is 12.1 Å². The molecule has 0 aliphatic heterocycles. The van der Waals surface area contributed by atoms with E-state index in [1.54, 1.807) is 51.1 Å². The summed E-state index contributed by atoms with van der Waals surface area (Å²) in [6.07, 6.45) is 1.15. The van der Waals surface area contributed by atoms with E-state index in [-0.39, 0.29) is 10.4 Å². The predicted molar refractivity (Wildman–Crippen MR) is 102 cm³/mol. The number of benzene rings is 2. The highest BCUT2D eigenvalue weighted by Crippen LogP contribution is 2.36. The maximum atomic E-state index is 12.6. The van der Waals surface area contributed by atoms with Gasteiger partial charge in [0.2, 0.25) is 10.0 Å². The molecule has 0 bridgehead atoms. The van der Waals surface area contributed by atoms with Crippen molar-refractivity contribution in [2.75, 3.05) is 5.32 Å². The molecule has 2 N–H and O–H groups in total. The summed E-state index contributed by atoms with van der Waals surface area (Å²) < 4.78 is 33.1. The second kappa shape index (κ2) is 6.25. The van der Waals surface area contributed by atoms with Crippen molar-refractivity contribution in [2.45, 2.75) is 56.6 Å². The van der Waals surface area contributed by atoms with Gasteiger partial charge < -0.3 is 4.74 Å². The molecule has 1 aliphatic carbocycles. The van der Waals surface area contributed by atoms with Crippen LogP contribution in [0.1, 0.15) is 40.5 Å². The van der Waals surface area contributed by atoms with Gasteiger partial charge in [-0.15, -0.1) is 0 Å². The zero-order chi connectivity index (χ0) is 19.2. The topological polar surface area (TPSA) is 84.5 Å². The van der Waals surface area contributed by atoms with Crippen molar-refractivity contribution in [1.29, 1.82) is 0 Å². The Hall–Kier alpha value is -2.12. The highest BCUT2D eigenvalue weighted by atomic mass is 32.2. The van der Waals surface area contributed by atoms with Gasteiger partial charge in [0, 0.05) is 11.2 Å². The lowest BCUT2D eigenvalue weighted by molar-refractivity contribution is 0.0636. The molecular formula is C19H24N2O4S. The van der Waals surface area contributed by atoms with E-state index in [1.165, 1.54) is 0 Å². The van der Waals surface area contributed by atoms with Crippen LogP contribution >= 0.6 is 0 Å². The van der Waals surface area contributed by atoms with E-state index in [2.05, 4.69) is 10.0 Å². The van der Waals surface area contributed by atoms with Crippen molar-refractivity contribution in [3.8, 4) is 0 Å². The van der Waals surface area contributed by atoms with Crippen molar-refractivity contribution in [1.82, 2.24) is 4.72 Å². The minimum absolute atomic E-state index is 0.215. The smallest absolute Gasteiger partial charge is 0.412 e. The molecule has 0 radical (unpaired) electrons. The first-order valence-corrected chi connectivity index (χ1v) is 10.0. The number of carbonyl (C=O) groups excluding carboxylic acids is 1. The molecule has 6 nitrogen and oxygen atoms in total. The first kappa shape index (κ1) is 18.7. The van der Waals surface area contributed by atoms with Gasteiger partial charge in [0.05, 0.1) is 4.90 Å². The number of amides is 1. The molecule has 1 amide bonds. The van der Waals surface area contributed by atoms with E-state index in [0.29, 0.717) is 5.69 Å². The molecule has 0 aromatic heterocycles. The van der Waals surface area contributed by atoms with Gasteiger partial charge in [0.1, 0.15) is 5.60 Å². The number of hydrogen-bond acceptors (Lipinski definition) is 4. The number of carbonyl (C=O) groups is 1. The monoisotopic (exact) mass is 376 g/mol. The molecule has 1 saturated carbocycles. The highest BCUT2D eigenvalue weighted by Gasteiger charge is 2.41. The molecule has 7 heteroatoms. The van der Waals surface area contributed by atoms with Gasteiger partial charge >= 0.3 is 6.09 Å². The van der Waals surface area contributed by atoms with Crippen LogP contribution in [0.4, 0.5) is 10.5 Å². The third kappa shape index (κ3) is 4.53. The van der Waals surface area contributed by atoms with Gasteiger partial charge in [0.15, 0.2) is 0 Å². The van der Waals surface area contributed by atoms with E-state index >= 15 is 0 Å². The molecule has 2 aromatic rings. The SMILES string of the molecule is CC1(NS(=O)(=O)c2ccc3ccc(NC(=O)OC(C)(C)C)cc3c2)CC1. The summed E-state index contributed by atoms with van der Waals surface area (Å²) >= 11 is 0. The number of sulfonamides is 1. The maximum absolute atomic E-state index is 12.6. The minimum Gasteiger partial charge on any atom is -0.444 e. The van der Waals surface area contributed by atoms with Gasteiger partial charge in [-0.3, -0.25) is 5.32 Å². The second-order valence-corrected chi connectivity index (χ2v) is 9.70. The third-order valence-electron chi connectivity index (χ3n) is 4.15. The summed E-state index contributed by atoms with van der Waals surface area (Å²) in [4.78, 5) is 12.1. The largest absolute Gasteiger partial charge is 0.444 e. The molecule has 0 unspecified atom stereocenters. The fourth-order valence-corrected chi connectivity index (χ4v) is 4.06. The summed E-state index contributed by atoms with van der Waals surface area (Å²) in [5.41, 5.74) is -0.371. The Morgan fingerprint density at radius 2 is 1.73 bits per heavy atom. The Kier molecular flexibility index (Phi) is 4.48. The Morgan fingerprint density at radius 3 is 2.35 bits per heavy atom. The lowest BCUT2D eigenvalue weighted by Gasteiger charge is -2.19. The van der Waals surface area contributed by atoms with Crippen molar-refractivity contribution < 1.29 is 17.9 Å². The van der Waals surface area contributed by atoms with E-state index < -0.39 is 21.7 Å². The average molecular weight is 376 g/mol. The molecule has 1 aliphatic rings. The van der Waals surface area contributed by atoms with E-state index in [9.17, 15) is 13.2 Å². The summed E-state index contributed by atoms with van der Waals surface area (Å²) in [7, 11) is -3.57. The third-order valence-corrected chi connectivity index (χ3v) is 5.78. The van der Waals surface area contributed by atoms with Crippen molar-refractivity contribution >= 4 is 32.6 Å². The quantitative estimate of drug-likeness (QED) is 0.844. The zero-order valence-corrected chi connectivity index (χ0v) is 16.2. The average Bonchev–Trinajstić information content (AvgIpc) is 3.20. The number of nitrogens with one attached hydrogen (secondary N) is 2. The van der Waals surface area contributed by atoms with Crippen LogP contribution in [0.3, 0.4) is 0 Å². The number of fused-ring (bicyclic) bond motifs is 1. The predicted octanol–water partition coefficient (Wildman–Crippen LogP) is 4.02. The fourth-order valence-electron chi connectivity index (χ4n) is 2.56. The van der Waals surface area contributed by atoms with Crippen LogP contribution in [-0.4, -0.2) is 25.7 Å². The molecule has 2 aromatic carbocycles. The number of rotatable bonds is 4. The highest BCUT2D eigenvalue weighted by molar-refractivity contribution is 7.89.